The number of carbonyl (C=O) groups excluding carboxylic acids is 1. The molecule has 124 valence electrons. The highest BCUT2D eigenvalue weighted by atomic mass is 35.5. The van der Waals surface area contributed by atoms with E-state index in [1.165, 1.54) is 12.1 Å². The molecule has 3 aromatic carbocycles. The first-order valence-corrected chi connectivity index (χ1v) is 8.14. The first-order valence-electron chi connectivity index (χ1n) is 7.77. The zero-order chi connectivity index (χ0) is 17.6. The maximum absolute atomic E-state index is 12.8. The molecule has 0 radical (unpaired) electrons. The van der Waals surface area contributed by atoms with Gasteiger partial charge in [0.25, 0.3) is 0 Å². The lowest BCUT2D eigenvalue weighted by Gasteiger charge is -2.29. The van der Waals surface area contributed by atoms with Crippen LogP contribution in [0.5, 0.6) is 11.5 Å². The molecular weight excluding hydrogens is 338 g/mol. The number of phenols is 2. The van der Waals surface area contributed by atoms with Gasteiger partial charge >= 0.3 is 0 Å². The van der Waals surface area contributed by atoms with E-state index in [0.29, 0.717) is 16.1 Å². The fourth-order valence-corrected chi connectivity index (χ4v) is 3.47. The molecular formula is C20H14ClNO3. The Labute approximate surface area is 149 Å². The quantitative estimate of drug-likeness (QED) is 0.636. The van der Waals surface area contributed by atoms with Gasteiger partial charge in [0.1, 0.15) is 11.5 Å². The molecule has 0 saturated carbocycles. The highest BCUT2D eigenvalue weighted by Crippen LogP contribution is 2.43. The fraction of sp³-hybridized carbons (Fsp3) is 0.0500. The van der Waals surface area contributed by atoms with E-state index in [1.807, 2.05) is 12.1 Å². The number of ketones is 1. The predicted octanol–water partition coefficient (Wildman–Crippen LogP) is 4.50. The van der Waals surface area contributed by atoms with Crippen molar-refractivity contribution in [2.75, 3.05) is 5.32 Å². The number of hydrogen-bond donors (Lipinski definition) is 3. The zero-order valence-corrected chi connectivity index (χ0v) is 13.8. The van der Waals surface area contributed by atoms with E-state index in [0.717, 1.165) is 5.69 Å². The van der Waals surface area contributed by atoms with E-state index in [4.69, 9.17) is 11.6 Å². The van der Waals surface area contributed by atoms with Crippen molar-refractivity contribution in [2.45, 2.75) is 6.04 Å². The number of fused-ring (bicyclic) bond motifs is 2. The Hall–Kier alpha value is -2.98. The molecule has 0 unspecified atom stereocenters. The van der Waals surface area contributed by atoms with Gasteiger partial charge in [-0.05, 0) is 41.5 Å². The lowest BCUT2D eigenvalue weighted by molar-refractivity contribution is 0.102. The summed E-state index contributed by atoms with van der Waals surface area (Å²) in [6.45, 7) is 0. The number of phenolic OH excluding ortho intramolecular Hbond substituents is 2. The number of hydrogen-bond acceptors (Lipinski definition) is 4. The van der Waals surface area contributed by atoms with Crippen LogP contribution >= 0.6 is 11.6 Å². The van der Waals surface area contributed by atoms with E-state index in [1.54, 1.807) is 36.4 Å². The maximum atomic E-state index is 12.8. The first kappa shape index (κ1) is 15.5. The second kappa shape index (κ2) is 5.83. The number of rotatable bonds is 2. The minimum atomic E-state index is -0.402. The Bertz CT molecular complexity index is 944. The monoisotopic (exact) mass is 351 g/mol. The largest absolute Gasteiger partial charge is 0.507 e. The van der Waals surface area contributed by atoms with Crippen molar-refractivity contribution in [1.29, 1.82) is 0 Å². The fourth-order valence-electron chi connectivity index (χ4n) is 3.28. The van der Waals surface area contributed by atoms with Gasteiger partial charge in [-0.2, -0.15) is 0 Å². The molecule has 0 bridgehead atoms. The van der Waals surface area contributed by atoms with Crippen LogP contribution in [0.4, 0.5) is 5.69 Å². The van der Waals surface area contributed by atoms with Crippen molar-refractivity contribution in [3.63, 3.8) is 0 Å². The van der Waals surface area contributed by atoms with Gasteiger partial charge in [0.05, 0.1) is 17.2 Å². The Balaban J connectivity index is 1.93. The minimum Gasteiger partial charge on any atom is -0.507 e. The molecule has 0 heterocycles. The average Bonchev–Trinajstić information content (AvgIpc) is 2.58. The summed E-state index contributed by atoms with van der Waals surface area (Å²) in [6, 6.07) is 16.8. The van der Waals surface area contributed by atoms with Gasteiger partial charge in [-0.1, -0.05) is 41.9 Å². The summed E-state index contributed by atoms with van der Waals surface area (Å²) in [5.74, 6) is -0.589. The number of aromatic hydroxyl groups is 2. The van der Waals surface area contributed by atoms with Crippen LogP contribution in [0, 0.1) is 0 Å². The second-order valence-corrected chi connectivity index (χ2v) is 6.34. The van der Waals surface area contributed by atoms with Crippen LogP contribution in [0.3, 0.4) is 0 Å². The lowest BCUT2D eigenvalue weighted by atomic mass is 9.80. The SMILES string of the molecule is O=C1c2c(O)cccc2C(Nc2cccc(Cl)c2)c2cccc(O)c21. The van der Waals surface area contributed by atoms with Gasteiger partial charge in [-0.3, -0.25) is 4.79 Å². The topological polar surface area (TPSA) is 69.6 Å². The van der Waals surface area contributed by atoms with Crippen molar-refractivity contribution in [3.05, 3.63) is 87.9 Å². The van der Waals surface area contributed by atoms with Crippen LogP contribution in [-0.4, -0.2) is 16.0 Å². The van der Waals surface area contributed by atoms with Gasteiger partial charge in [0, 0.05) is 10.7 Å². The minimum absolute atomic E-state index is 0.103. The highest BCUT2D eigenvalue weighted by Gasteiger charge is 2.34. The summed E-state index contributed by atoms with van der Waals surface area (Å²) >= 11 is 6.06. The predicted molar refractivity (Wildman–Crippen MR) is 96.6 cm³/mol. The summed E-state index contributed by atoms with van der Waals surface area (Å²) in [4.78, 5) is 12.8. The van der Waals surface area contributed by atoms with E-state index in [2.05, 4.69) is 5.32 Å². The van der Waals surface area contributed by atoms with E-state index < -0.39 is 6.04 Å². The number of carbonyl (C=O) groups is 1. The summed E-state index contributed by atoms with van der Waals surface area (Å²) in [5.41, 5.74) is 2.49. The molecule has 0 amide bonds. The normalized spacial score (nSPS) is 13.2. The van der Waals surface area contributed by atoms with E-state index in [9.17, 15) is 15.0 Å². The Kier molecular flexibility index (Phi) is 3.62. The maximum Gasteiger partial charge on any atom is 0.201 e. The molecule has 0 aromatic heterocycles. The summed E-state index contributed by atoms with van der Waals surface area (Å²) in [7, 11) is 0. The molecule has 4 nitrogen and oxygen atoms in total. The molecule has 0 saturated heterocycles. The number of nitrogens with one attached hydrogen (secondary N) is 1. The Morgan fingerprint density at radius 2 is 1.40 bits per heavy atom. The Morgan fingerprint density at radius 1 is 0.840 bits per heavy atom. The number of halogens is 1. The van der Waals surface area contributed by atoms with E-state index in [-0.39, 0.29) is 28.4 Å². The molecule has 1 aliphatic rings. The standard InChI is InChI=1S/C20H14ClNO3/c21-11-4-1-5-12(10-11)22-19-13-6-2-8-15(23)17(13)20(25)18-14(19)7-3-9-16(18)24/h1-10,19,22-24H. The molecule has 1 aliphatic carbocycles. The van der Waals surface area contributed by atoms with E-state index >= 15 is 0 Å². The molecule has 0 fully saturated rings. The van der Waals surface area contributed by atoms with Crippen molar-refractivity contribution < 1.29 is 15.0 Å². The Morgan fingerprint density at radius 3 is 1.96 bits per heavy atom. The van der Waals surface area contributed by atoms with Gasteiger partial charge in [0.15, 0.2) is 0 Å². The zero-order valence-electron chi connectivity index (χ0n) is 13.0. The van der Waals surface area contributed by atoms with Gasteiger partial charge in [-0.15, -0.1) is 0 Å². The van der Waals surface area contributed by atoms with Crippen LogP contribution in [0.15, 0.2) is 60.7 Å². The molecule has 0 aliphatic heterocycles. The molecule has 4 rings (SSSR count). The molecule has 5 heteroatoms. The van der Waals surface area contributed by atoms with Crippen LogP contribution < -0.4 is 5.32 Å². The van der Waals surface area contributed by atoms with Crippen LogP contribution in [0.1, 0.15) is 33.1 Å². The lowest BCUT2D eigenvalue weighted by Crippen LogP contribution is -2.24. The summed E-state index contributed by atoms with van der Waals surface area (Å²) in [5, 5.41) is 24.4. The second-order valence-electron chi connectivity index (χ2n) is 5.90. The van der Waals surface area contributed by atoms with Crippen molar-refractivity contribution in [3.8, 4) is 11.5 Å². The van der Waals surface area contributed by atoms with Crippen LogP contribution in [-0.2, 0) is 0 Å². The van der Waals surface area contributed by atoms with Crippen LogP contribution in [0.2, 0.25) is 5.02 Å². The molecule has 3 N–H and O–H groups in total. The number of benzene rings is 3. The van der Waals surface area contributed by atoms with Crippen molar-refractivity contribution in [1.82, 2.24) is 0 Å². The third kappa shape index (κ3) is 2.51. The third-order valence-corrected chi connectivity index (χ3v) is 4.60. The summed E-state index contributed by atoms with van der Waals surface area (Å²) in [6.07, 6.45) is 0. The molecule has 25 heavy (non-hydrogen) atoms. The van der Waals surface area contributed by atoms with Crippen LogP contribution in [0.25, 0.3) is 0 Å². The van der Waals surface area contributed by atoms with Gasteiger partial charge in [-0.25, -0.2) is 0 Å². The molecule has 0 atom stereocenters. The number of anilines is 1. The smallest absolute Gasteiger partial charge is 0.201 e. The van der Waals surface area contributed by atoms with Crippen molar-refractivity contribution in [2.24, 2.45) is 0 Å². The van der Waals surface area contributed by atoms with Gasteiger partial charge < -0.3 is 15.5 Å². The third-order valence-electron chi connectivity index (χ3n) is 4.36. The molecule has 3 aromatic rings. The summed E-state index contributed by atoms with van der Waals surface area (Å²) < 4.78 is 0. The molecule has 0 spiro atoms. The first-order chi connectivity index (χ1) is 12.1. The highest BCUT2D eigenvalue weighted by molar-refractivity contribution is 6.30. The average molecular weight is 352 g/mol. The van der Waals surface area contributed by atoms with Gasteiger partial charge in [0.2, 0.25) is 5.78 Å². The van der Waals surface area contributed by atoms with Crippen molar-refractivity contribution >= 4 is 23.1 Å².